The molecule has 0 aliphatic rings. The van der Waals surface area contributed by atoms with E-state index >= 15 is 0 Å². The maximum atomic E-state index is 13.6. The van der Waals surface area contributed by atoms with Crippen molar-refractivity contribution in [2.45, 2.75) is 13.0 Å². The Kier molecular flexibility index (Phi) is 5.16. The molecule has 0 saturated carbocycles. The van der Waals surface area contributed by atoms with Gasteiger partial charge in [-0.2, -0.15) is 0 Å². The molecule has 0 saturated heterocycles. The summed E-state index contributed by atoms with van der Waals surface area (Å²) in [5, 5.41) is 14.4. The summed E-state index contributed by atoms with van der Waals surface area (Å²) in [6, 6.07) is 4.48. The summed E-state index contributed by atoms with van der Waals surface area (Å²) in [5.41, 5.74) is 6.27. The average molecular weight is 237 g/mol. The van der Waals surface area contributed by atoms with Gasteiger partial charge in [0.2, 0.25) is 0 Å². The summed E-state index contributed by atoms with van der Waals surface area (Å²) in [6.45, 7) is 4.79. The van der Waals surface area contributed by atoms with Crippen LogP contribution in [0.25, 0.3) is 0 Å². The third kappa shape index (κ3) is 3.88. The molecular weight excluding hydrogens is 221 g/mol. The Morgan fingerprint density at radius 3 is 2.94 bits per heavy atom. The van der Waals surface area contributed by atoms with Crippen LogP contribution in [-0.2, 0) is 6.54 Å². The Morgan fingerprint density at radius 2 is 2.35 bits per heavy atom. The zero-order valence-electron chi connectivity index (χ0n) is 9.49. The van der Waals surface area contributed by atoms with Gasteiger partial charge in [0.15, 0.2) is 5.84 Å². The summed E-state index contributed by atoms with van der Waals surface area (Å²) >= 11 is 0. The Balaban J connectivity index is 2.66. The minimum absolute atomic E-state index is 0.102. The molecule has 0 amide bonds. The van der Waals surface area contributed by atoms with Gasteiger partial charge in [0.25, 0.3) is 0 Å². The maximum Gasteiger partial charge on any atom is 0.170 e. The second-order valence-electron chi connectivity index (χ2n) is 3.55. The van der Waals surface area contributed by atoms with Gasteiger partial charge < -0.3 is 16.3 Å². The van der Waals surface area contributed by atoms with Gasteiger partial charge in [-0.3, -0.25) is 0 Å². The molecule has 0 fully saturated rings. The lowest BCUT2D eigenvalue weighted by molar-refractivity contribution is 0.318. The van der Waals surface area contributed by atoms with Crippen LogP contribution >= 0.6 is 0 Å². The summed E-state index contributed by atoms with van der Waals surface area (Å²) in [6.07, 6.45) is 2.63. The Bertz CT molecular complexity index is 418. The molecule has 0 radical (unpaired) electrons. The third-order valence-electron chi connectivity index (χ3n) is 2.30. The molecule has 0 spiro atoms. The van der Waals surface area contributed by atoms with E-state index in [-0.39, 0.29) is 11.7 Å². The molecule has 92 valence electrons. The summed E-state index contributed by atoms with van der Waals surface area (Å²) in [7, 11) is 0. The number of nitrogens with one attached hydrogen (secondary N) is 1. The van der Waals surface area contributed by atoms with Gasteiger partial charge in [-0.05, 0) is 19.0 Å². The highest BCUT2D eigenvalue weighted by atomic mass is 19.1. The smallest absolute Gasteiger partial charge is 0.170 e. The summed E-state index contributed by atoms with van der Waals surface area (Å²) in [5.74, 6) is -0.477. The number of rotatable bonds is 6. The average Bonchev–Trinajstić information content (AvgIpc) is 2.35. The fourth-order valence-electron chi connectivity index (χ4n) is 1.33. The van der Waals surface area contributed by atoms with E-state index in [0.29, 0.717) is 17.7 Å². The molecule has 17 heavy (non-hydrogen) atoms. The molecule has 0 heterocycles. The fraction of sp³-hybridized carbons (Fsp3) is 0.250. The molecule has 0 atom stereocenters. The highest BCUT2D eigenvalue weighted by molar-refractivity contribution is 5.97. The van der Waals surface area contributed by atoms with Crippen molar-refractivity contribution in [2.75, 3.05) is 6.54 Å². The fourth-order valence-corrected chi connectivity index (χ4v) is 1.33. The number of benzene rings is 1. The zero-order chi connectivity index (χ0) is 12.7. The van der Waals surface area contributed by atoms with Gasteiger partial charge in [-0.25, -0.2) is 4.39 Å². The Morgan fingerprint density at radius 1 is 1.59 bits per heavy atom. The van der Waals surface area contributed by atoms with Crippen LogP contribution < -0.4 is 11.1 Å². The summed E-state index contributed by atoms with van der Waals surface area (Å²) < 4.78 is 13.6. The van der Waals surface area contributed by atoms with Crippen LogP contribution in [0, 0.1) is 5.82 Å². The number of oxime groups is 1. The van der Waals surface area contributed by atoms with Crippen LogP contribution in [0.1, 0.15) is 17.5 Å². The van der Waals surface area contributed by atoms with Crippen molar-refractivity contribution in [2.24, 2.45) is 10.9 Å². The molecule has 1 aromatic rings. The molecule has 1 rings (SSSR count). The number of nitrogens with two attached hydrogens (primary N) is 1. The second kappa shape index (κ2) is 6.65. The van der Waals surface area contributed by atoms with Crippen molar-refractivity contribution in [3.05, 3.63) is 47.8 Å². The van der Waals surface area contributed by atoms with Crippen LogP contribution in [0.2, 0.25) is 0 Å². The van der Waals surface area contributed by atoms with E-state index in [1.807, 2.05) is 0 Å². The van der Waals surface area contributed by atoms with E-state index in [0.717, 1.165) is 13.0 Å². The van der Waals surface area contributed by atoms with E-state index in [1.54, 1.807) is 18.2 Å². The number of hydrogen-bond acceptors (Lipinski definition) is 3. The van der Waals surface area contributed by atoms with Crippen LogP contribution in [0.4, 0.5) is 4.39 Å². The lowest BCUT2D eigenvalue weighted by Gasteiger charge is -2.06. The molecule has 5 heteroatoms. The first-order valence-electron chi connectivity index (χ1n) is 5.27. The monoisotopic (exact) mass is 237 g/mol. The molecule has 0 aromatic heterocycles. The van der Waals surface area contributed by atoms with E-state index in [1.165, 1.54) is 6.07 Å². The lowest BCUT2D eigenvalue weighted by atomic mass is 10.1. The molecule has 0 unspecified atom stereocenters. The van der Waals surface area contributed by atoms with E-state index in [9.17, 15) is 4.39 Å². The first kappa shape index (κ1) is 13.2. The number of hydrogen-bond donors (Lipinski definition) is 3. The molecular formula is C12H16FN3O. The van der Waals surface area contributed by atoms with Crippen LogP contribution in [0.3, 0.4) is 0 Å². The number of halogens is 1. The molecule has 0 aliphatic carbocycles. The largest absolute Gasteiger partial charge is 0.409 e. The predicted octanol–water partition coefficient (Wildman–Crippen LogP) is 1.59. The molecule has 0 bridgehead atoms. The van der Waals surface area contributed by atoms with E-state index in [4.69, 9.17) is 10.9 Å². The highest BCUT2D eigenvalue weighted by Gasteiger charge is 2.05. The zero-order valence-corrected chi connectivity index (χ0v) is 9.49. The topological polar surface area (TPSA) is 70.6 Å². The maximum absolute atomic E-state index is 13.6. The third-order valence-corrected chi connectivity index (χ3v) is 2.30. The van der Waals surface area contributed by atoms with Crippen LogP contribution in [0.5, 0.6) is 0 Å². The minimum atomic E-state index is -0.375. The molecule has 1 aromatic carbocycles. The van der Waals surface area contributed by atoms with Gasteiger partial charge >= 0.3 is 0 Å². The van der Waals surface area contributed by atoms with Gasteiger partial charge in [-0.1, -0.05) is 23.4 Å². The second-order valence-corrected chi connectivity index (χ2v) is 3.55. The minimum Gasteiger partial charge on any atom is -0.409 e. The van der Waals surface area contributed by atoms with Crippen molar-refractivity contribution in [3.63, 3.8) is 0 Å². The van der Waals surface area contributed by atoms with Gasteiger partial charge in [0.1, 0.15) is 5.82 Å². The number of amidine groups is 1. The van der Waals surface area contributed by atoms with Crippen LogP contribution in [0.15, 0.2) is 36.0 Å². The lowest BCUT2D eigenvalue weighted by Crippen LogP contribution is -2.17. The number of nitrogens with zero attached hydrogens (tertiary/aromatic N) is 1. The Hall–Kier alpha value is -1.88. The predicted molar refractivity (Wildman–Crippen MR) is 65.4 cm³/mol. The van der Waals surface area contributed by atoms with Crippen molar-refractivity contribution < 1.29 is 9.60 Å². The van der Waals surface area contributed by atoms with E-state index in [2.05, 4.69) is 17.1 Å². The highest BCUT2D eigenvalue weighted by Crippen LogP contribution is 2.10. The quantitative estimate of drug-likeness (QED) is 0.176. The molecule has 4 N–H and O–H groups in total. The SMILES string of the molecule is C=CCCNCc1ccc(/C(N)=N\O)cc1F. The van der Waals surface area contributed by atoms with E-state index < -0.39 is 0 Å². The van der Waals surface area contributed by atoms with Gasteiger partial charge in [0.05, 0.1) is 0 Å². The van der Waals surface area contributed by atoms with Crippen LogP contribution in [-0.4, -0.2) is 17.6 Å². The van der Waals surface area contributed by atoms with Gasteiger partial charge in [0, 0.05) is 17.7 Å². The standard InChI is InChI=1S/C12H16FN3O/c1-2-3-6-15-8-10-5-4-9(7-11(10)13)12(14)16-17/h2,4-5,7,15,17H,1,3,6,8H2,(H2,14,16). The van der Waals surface area contributed by atoms with Gasteiger partial charge in [-0.15, -0.1) is 6.58 Å². The van der Waals surface area contributed by atoms with Crippen molar-refractivity contribution in [3.8, 4) is 0 Å². The first-order chi connectivity index (χ1) is 8.19. The van der Waals surface area contributed by atoms with Crippen molar-refractivity contribution in [1.29, 1.82) is 0 Å². The van der Waals surface area contributed by atoms with Crippen molar-refractivity contribution in [1.82, 2.24) is 5.32 Å². The van der Waals surface area contributed by atoms with Crippen molar-refractivity contribution >= 4 is 5.84 Å². The Labute approximate surface area is 99.6 Å². The normalized spacial score (nSPS) is 11.5. The first-order valence-corrected chi connectivity index (χ1v) is 5.27. The molecule has 4 nitrogen and oxygen atoms in total. The summed E-state index contributed by atoms with van der Waals surface area (Å²) in [4.78, 5) is 0. The molecule has 0 aliphatic heterocycles.